The Bertz CT molecular complexity index is 477. The molecule has 1 N–H and O–H groups in total. The van der Waals surface area contributed by atoms with Crippen LogP contribution in [0.4, 0.5) is 0 Å². The molecule has 108 valence electrons. The highest BCUT2D eigenvalue weighted by Gasteiger charge is 2.01. The minimum Gasteiger partial charge on any atom is -0.307 e. The lowest BCUT2D eigenvalue weighted by Crippen LogP contribution is -2.22. The zero-order valence-electron chi connectivity index (χ0n) is 12.2. The van der Waals surface area contributed by atoms with Gasteiger partial charge in [-0.25, -0.2) is 0 Å². The van der Waals surface area contributed by atoms with Gasteiger partial charge < -0.3 is 5.32 Å². The fourth-order valence-corrected chi connectivity index (χ4v) is 2.52. The maximum Gasteiger partial charge on any atom is 0.0893 e. The number of hydrogen-bond donors (Lipinski definition) is 1. The predicted molar refractivity (Wildman–Crippen MR) is 83.5 cm³/mol. The molecule has 0 aliphatic carbocycles. The molecule has 1 aromatic carbocycles. The van der Waals surface area contributed by atoms with Crippen molar-refractivity contribution in [1.82, 2.24) is 19.8 Å². The van der Waals surface area contributed by atoms with Crippen LogP contribution in [0.5, 0.6) is 0 Å². The molecular weight excluding hydrogens is 268 g/mol. The van der Waals surface area contributed by atoms with E-state index in [0.717, 1.165) is 38.4 Å². The number of nitrogens with one attached hydrogen (secondary N) is 1. The first-order valence-corrected chi connectivity index (χ1v) is 7.92. The zero-order valence-corrected chi connectivity index (χ0v) is 13.0. The lowest BCUT2D eigenvalue weighted by atomic mass is 10.1. The van der Waals surface area contributed by atoms with Gasteiger partial charge in [-0.3, -0.25) is 4.90 Å². The van der Waals surface area contributed by atoms with Crippen LogP contribution in [0.2, 0.25) is 0 Å². The molecule has 20 heavy (non-hydrogen) atoms. The Balaban J connectivity index is 1.79. The van der Waals surface area contributed by atoms with Crippen molar-refractivity contribution in [2.24, 2.45) is 0 Å². The maximum atomic E-state index is 4.01. The van der Waals surface area contributed by atoms with Gasteiger partial charge in [-0.15, -0.1) is 5.10 Å². The van der Waals surface area contributed by atoms with Gasteiger partial charge in [-0.1, -0.05) is 42.6 Å². The van der Waals surface area contributed by atoms with Crippen LogP contribution >= 0.6 is 11.5 Å². The summed E-state index contributed by atoms with van der Waals surface area (Å²) in [6.07, 6.45) is 0. The summed E-state index contributed by atoms with van der Waals surface area (Å²) in [6, 6.07) is 8.84. The highest BCUT2D eigenvalue weighted by atomic mass is 32.1. The van der Waals surface area contributed by atoms with Crippen molar-refractivity contribution >= 4 is 11.5 Å². The van der Waals surface area contributed by atoms with E-state index in [-0.39, 0.29) is 0 Å². The third kappa shape index (κ3) is 4.67. The van der Waals surface area contributed by atoms with Gasteiger partial charge in [0.25, 0.3) is 0 Å². The second-order valence-corrected chi connectivity index (χ2v) is 5.39. The molecule has 0 fully saturated rings. The summed E-state index contributed by atoms with van der Waals surface area (Å²) in [5.41, 5.74) is 3.69. The van der Waals surface area contributed by atoms with Crippen LogP contribution in [-0.2, 0) is 19.6 Å². The first-order valence-electron chi connectivity index (χ1n) is 7.08. The molecule has 0 aliphatic heterocycles. The topological polar surface area (TPSA) is 41.0 Å². The van der Waals surface area contributed by atoms with Gasteiger partial charge in [0, 0.05) is 25.0 Å². The van der Waals surface area contributed by atoms with Crippen LogP contribution in [0.3, 0.4) is 0 Å². The molecule has 0 atom stereocenters. The van der Waals surface area contributed by atoms with Gasteiger partial charge in [-0.05, 0) is 35.7 Å². The third-order valence-electron chi connectivity index (χ3n) is 3.36. The molecule has 1 heterocycles. The van der Waals surface area contributed by atoms with Crippen molar-refractivity contribution < 1.29 is 0 Å². The van der Waals surface area contributed by atoms with Gasteiger partial charge in [0.1, 0.15) is 0 Å². The van der Waals surface area contributed by atoms with Crippen LogP contribution in [-0.4, -0.2) is 27.6 Å². The summed E-state index contributed by atoms with van der Waals surface area (Å²) in [5, 5.41) is 9.37. The van der Waals surface area contributed by atoms with Crippen molar-refractivity contribution in [3.8, 4) is 0 Å². The van der Waals surface area contributed by atoms with Gasteiger partial charge in [0.05, 0.1) is 5.69 Å². The van der Waals surface area contributed by atoms with E-state index in [1.54, 1.807) is 0 Å². The van der Waals surface area contributed by atoms with Crippen molar-refractivity contribution in [2.45, 2.75) is 33.5 Å². The Kier molecular flexibility index (Phi) is 6.11. The van der Waals surface area contributed by atoms with E-state index in [0.29, 0.717) is 0 Å². The molecule has 0 radical (unpaired) electrons. The van der Waals surface area contributed by atoms with Gasteiger partial charge in [0.15, 0.2) is 0 Å². The average molecular weight is 290 g/mol. The Hall–Kier alpha value is -1.30. The summed E-state index contributed by atoms with van der Waals surface area (Å²) in [7, 11) is 0. The lowest BCUT2D eigenvalue weighted by Gasteiger charge is -2.18. The summed E-state index contributed by atoms with van der Waals surface area (Å²) >= 11 is 1.39. The van der Waals surface area contributed by atoms with Crippen LogP contribution in [0, 0.1) is 0 Å². The number of hydrogen-bond acceptors (Lipinski definition) is 5. The van der Waals surface area contributed by atoms with E-state index in [4.69, 9.17) is 0 Å². The zero-order chi connectivity index (χ0) is 14.2. The minimum atomic E-state index is 0.775. The molecule has 0 spiro atoms. The molecule has 0 bridgehead atoms. The van der Waals surface area contributed by atoms with Gasteiger partial charge in [0.2, 0.25) is 0 Å². The van der Waals surface area contributed by atoms with Crippen LogP contribution in [0.25, 0.3) is 0 Å². The molecule has 0 saturated heterocycles. The Morgan fingerprint density at radius 2 is 1.75 bits per heavy atom. The number of benzene rings is 1. The molecule has 0 amide bonds. The highest BCUT2D eigenvalue weighted by Crippen LogP contribution is 2.08. The monoisotopic (exact) mass is 290 g/mol. The number of nitrogens with zero attached hydrogens (tertiary/aromatic N) is 3. The molecule has 0 unspecified atom stereocenters. The van der Waals surface area contributed by atoms with E-state index in [1.165, 1.54) is 22.7 Å². The normalized spacial score (nSPS) is 11.2. The Labute approximate surface area is 125 Å². The second kappa shape index (κ2) is 8.09. The first-order chi connectivity index (χ1) is 9.81. The Morgan fingerprint density at radius 3 is 2.35 bits per heavy atom. The number of aromatic nitrogens is 2. The van der Waals surface area contributed by atoms with Crippen molar-refractivity contribution in [3.63, 3.8) is 0 Å². The SMILES string of the molecule is CCN(CC)Cc1ccc(CNCc2csnn2)cc1. The highest BCUT2D eigenvalue weighted by molar-refractivity contribution is 7.03. The molecule has 4 nitrogen and oxygen atoms in total. The van der Waals surface area contributed by atoms with Crippen LogP contribution < -0.4 is 5.32 Å². The predicted octanol–water partition coefficient (Wildman–Crippen LogP) is 2.67. The molecule has 5 heteroatoms. The second-order valence-electron chi connectivity index (χ2n) is 4.78. The smallest absolute Gasteiger partial charge is 0.0893 e. The molecule has 0 aliphatic rings. The minimum absolute atomic E-state index is 0.775. The van der Waals surface area contributed by atoms with Crippen LogP contribution in [0.15, 0.2) is 29.6 Å². The van der Waals surface area contributed by atoms with Gasteiger partial charge >= 0.3 is 0 Å². The number of rotatable bonds is 8. The molecule has 1 aromatic heterocycles. The Morgan fingerprint density at radius 1 is 1.05 bits per heavy atom. The average Bonchev–Trinajstić information content (AvgIpc) is 2.99. The maximum absolute atomic E-state index is 4.01. The third-order valence-corrected chi connectivity index (χ3v) is 3.92. The fraction of sp³-hybridized carbons (Fsp3) is 0.467. The molecule has 2 aromatic rings. The van der Waals surface area contributed by atoms with Crippen molar-refractivity contribution in [3.05, 3.63) is 46.5 Å². The van der Waals surface area contributed by atoms with E-state index >= 15 is 0 Å². The lowest BCUT2D eigenvalue weighted by molar-refractivity contribution is 0.296. The van der Waals surface area contributed by atoms with Crippen molar-refractivity contribution in [1.29, 1.82) is 0 Å². The fourth-order valence-electron chi connectivity index (χ4n) is 2.06. The van der Waals surface area contributed by atoms with Crippen LogP contribution in [0.1, 0.15) is 30.7 Å². The molecular formula is C15H22N4S. The quantitative estimate of drug-likeness (QED) is 0.811. The summed E-state index contributed by atoms with van der Waals surface area (Å²) in [5.74, 6) is 0. The van der Waals surface area contributed by atoms with E-state index in [1.807, 2.05) is 5.38 Å². The van der Waals surface area contributed by atoms with E-state index < -0.39 is 0 Å². The largest absolute Gasteiger partial charge is 0.307 e. The summed E-state index contributed by atoms with van der Waals surface area (Å²) < 4.78 is 3.85. The van der Waals surface area contributed by atoms with E-state index in [2.05, 4.69) is 57.9 Å². The molecule has 2 rings (SSSR count). The van der Waals surface area contributed by atoms with Gasteiger partial charge in [-0.2, -0.15) is 0 Å². The molecule has 0 saturated carbocycles. The van der Waals surface area contributed by atoms with Crippen molar-refractivity contribution in [2.75, 3.05) is 13.1 Å². The van der Waals surface area contributed by atoms with E-state index in [9.17, 15) is 0 Å². The summed E-state index contributed by atoms with van der Waals surface area (Å²) in [6.45, 7) is 9.28. The summed E-state index contributed by atoms with van der Waals surface area (Å²) in [4.78, 5) is 2.42. The first kappa shape index (κ1) is 15.1. The standard InChI is InChI=1S/C15H22N4S/c1-3-19(4-2)11-14-7-5-13(6-8-14)9-16-10-15-12-20-18-17-15/h5-8,12,16H,3-4,9-11H2,1-2H3.